The Bertz CT molecular complexity index is 1020. The van der Waals surface area contributed by atoms with E-state index in [0.29, 0.717) is 25.8 Å². The molecule has 2 amide bonds. The van der Waals surface area contributed by atoms with Crippen LogP contribution in [0.25, 0.3) is 11.1 Å². The minimum atomic E-state index is -0.800. The number of aliphatic carboxylic acids is 1. The molecule has 0 aromatic heterocycles. The maximum atomic E-state index is 12.8. The van der Waals surface area contributed by atoms with Crippen molar-refractivity contribution in [2.75, 3.05) is 13.2 Å². The number of benzene rings is 2. The van der Waals surface area contributed by atoms with E-state index in [0.717, 1.165) is 41.5 Å². The summed E-state index contributed by atoms with van der Waals surface area (Å²) in [7, 11) is 0. The summed E-state index contributed by atoms with van der Waals surface area (Å²) in [5.74, 6) is -1.66. The van der Waals surface area contributed by atoms with Gasteiger partial charge in [0.05, 0.1) is 5.92 Å². The standard InChI is InChI=1S/C28H34N2O5/c1-2-9-25(26(31)29-16-18-10-3-4-11-19(18)27(32)33)30-28(34)35-17-24-22-14-7-5-12-20(22)21-13-6-8-15-23(21)24/h5-8,12-15,18-19,24-25H,2-4,9-11,16-17H2,1H3,(H,29,31)(H,30,34)(H,32,33)/t18?,19?,25-/m0/s1. The van der Waals surface area contributed by atoms with Gasteiger partial charge in [0.25, 0.3) is 0 Å². The Labute approximate surface area is 206 Å². The number of nitrogens with one attached hydrogen (secondary N) is 2. The minimum absolute atomic E-state index is 0.0501. The van der Waals surface area contributed by atoms with Crippen LogP contribution in [-0.4, -0.2) is 42.3 Å². The predicted octanol–water partition coefficient (Wildman–Crippen LogP) is 4.70. The first kappa shape index (κ1) is 24.8. The second-order valence-corrected chi connectivity index (χ2v) is 9.55. The summed E-state index contributed by atoms with van der Waals surface area (Å²) in [4.78, 5) is 37.1. The first-order valence-corrected chi connectivity index (χ1v) is 12.6. The monoisotopic (exact) mass is 478 g/mol. The minimum Gasteiger partial charge on any atom is -0.481 e. The Hall–Kier alpha value is -3.35. The molecule has 0 saturated heterocycles. The Morgan fingerprint density at radius 3 is 2.26 bits per heavy atom. The van der Waals surface area contributed by atoms with Crippen LogP contribution >= 0.6 is 0 Å². The summed E-state index contributed by atoms with van der Waals surface area (Å²) in [5.41, 5.74) is 4.57. The van der Waals surface area contributed by atoms with Gasteiger partial charge in [-0.05, 0) is 47.4 Å². The van der Waals surface area contributed by atoms with Crippen LogP contribution in [0, 0.1) is 11.8 Å². The van der Waals surface area contributed by atoms with Crippen molar-refractivity contribution < 1.29 is 24.2 Å². The first-order chi connectivity index (χ1) is 17.0. The lowest BCUT2D eigenvalue weighted by atomic mass is 9.79. The molecule has 0 aliphatic heterocycles. The lowest BCUT2D eigenvalue weighted by molar-refractivity contribution is -0.145. The van der Waals surface area contributed by atoms with Crippen molar-refractivity contribution in [1.82, 2.24) is 10.6 Å². The number of amides is 2. The van der Waals surface area contributed by atoms with Crippen LogP contribution in [0.2, 0.25) is 0 Å². The van der Waals surface area contributed by atoms with Gasteiger partial charge >= 0.3 is 12.1 Å². The molecule has 1 fully saturated rings. The smallest absolute Gasteiger partial charge is 0.407 e. The van der Waals surface area contributed by atoms with Crippen molar-refractivity contribution in [2.24, 2.45) is 11.8 Å². The fourth-order valence-electron chi connectivity index (χ4n) is 5.47. The van der Waals surface area contributed by atoms with Crippen LogP contribution < -0.4 is 10.6 Å². The van der Waals surface area contributed by atoms with Gasteiger partial charge in [-0.3, -0.25) is 9.59 Å². The predicted molar refractivity (Wildman–Crippen MR) is 133 cm³/mol. The highest BCUT2D eigenvalue weighted by molar-refractivity contribution is 5.85. The molecule has 1 saturated carbocycles. The number of alkyl carbamates (subject to hydrolysis) is 1. The Morgan fingerprint density at radius 2 is 1.63 bits per heavy atom. The number of hydrogen-bond acceptors (Lipinski definition) is 4. The molecule has 0 bridgehead atoms. The number of ether oxygens (including phenoxy) is 1. The third kappa shape index (κ3) is 5.66. The topological polar surface area (TPSA) is 105 Å². The molecule has 7 heteroatoms. The number of hydrogen-bond donors (Lipinski definition) is 3. The van der Waals surface area contributed by atoms with Crippen molar-refractivity contribution in [2.45, 2.75) is 57.4 Å². The van der Waals surface area contributed by atoms with E-state index in [4.69, 9.17) is 4.74 Å². The quantitative estimate of drug-likeness (QED) is 0.485. The van der Waals surface area contributed by atoms with Gasteiger partial charge in [-0.1, -0.05) is 74.7 Å². The van der Waals surface area contributed by atoms with Crippen molar-refractivity contribution in [3.05, 3.63) is 59.7 Å². The average Bonchev–Trinajstić information content (AvgIpc) is 3.19. The van der Waals surface area contributed by atoms with E-state index in [1.165, 1.54) is 0 Å². The second-order valence-electron chi connectivity index (χ2n) is 9.55. The van der Waals surface area contributed by atoms with Crippen LogP contribution in [0.3, 0.4) is 0 Å². The SMILES string of the molecule is CCC[C@H](NC(=O)OCC1c2ccccc2-c2ccccc21)C(=O)NCC1CCCCC1C(=O)O. The van der Waals surface area contributed by atoms with Gasteiger partial charge in [-0.25, -0.2) is 4.79 Å². The molecule has 2 aromatic carbocycles. The highest BCUT2D eigenvalue weighted by atomic mass is 16.5. The van der Waals surface area contributed by atoms with Crippen molar-refractivity contribution >= 4 is 18.0 Å². The van der Waals surface area contributed by atoms with Crippen molar-refractivity contribution in [3.63, 3.8) is 0 Å². The van der Waals surface area contributed by atoms with E-state index >= 15 is 0 Å². The molecule has 186 valence electrons. The molecule has 2 aliphatic rings. The number of carboxylic acids is 1. The fourth-order valence-corrected chi connectivity index (χ4v) is 5.47. The van der Waals surface area contributed by atoms with Crippen LogP contribution in [0.1, 0.15) is 62.5 Å². The summed E-state index contributed by atoms with van der Waals surface area (Å²) in [5, 5.41) is 15.1. The number of carbonyl (C=O) groups is 3. The summed E-state index contributed by atoms with van der Waals surface area (Å²) >= 11 is 0. The molecule has 3 atom stereocenters. The third-order valence-electron chi connectivity index (χ3n) is 7.29. The van der Waals surface area contributed by atoms with E-state index in [2.05, 4.69) is 34.9 Å². The summed E-state index contributed by atoms with van der Waals surface area (Å²) in [6.45, 7) is 2.44. The summed E-state index contributed by atoms with van der Waals surface area (Å²) in [6, 6.07) is 15.5. The zero-order valence-corrected chi connectivity index (χ0v) is 20.2. The molecule has 2 unspecified atom stereocenters. The Morgan fingerprint density at radius 1 is 1.00 bits per heavy atom. The lowest BCUT2D eigenvalue weighted by Gasteiger charge is -2.29. The van der Waals surface area contributed by atoms with Crippen molar-refractivity contribution in [3.8, 4) is 11.1 Å². The normalized spacial score (nSPS) is 19.8. The number of carboxylic acid groups (broad SMARTS) is 1. The number of fused-ring (bicyclic) bond motifs is 3. The van der Waals surface area contributed by atoms with E-state index in [1.54, 1.807) is 0 Å². The molecule has 3 N–H and O–H groups in total. The van der Waals surface area contributed by atoms with Gasteiger partial charge < -0.3 is 20.5 Å². The number of carbonyl (C=O) groups excluding carboxylic acids is 2. The maximum Gasteiger partial charge on any atom is 0.407 e. The maximum absolute atomic E-state index is 12.8. The van der Waals surface area contributed by atoms with E-state index < -0.39 is 24.0 Å². The second kappa shape index (κ2) is 11.4. The fraction of sp³-hybridized carbons (Fsp3) is 0.464. The van der Waals surface area contributed by atoms with Gasteiger partial charge in [-0.15, -0.1) is 0 Å². The summed E-state index contributed by atoms with van der Waals surface area (Å²) in [6.07, 6.45) is 3.87. The van der Waals surface area contributed by atoms with Gasteiger partial charge in [0.1, 0.15) is 12.6 Å². The largest absolute Gasteiger partial charge is 0.481 e. The van der Waals surface area contributed by atoms with Crippen LogP contribution in [-0.2, 0) is 14.3 Å². The molecule has 4 rings (SSSR count). The van der Waals surface area contributed by atoms with Crippen LogP contribution in [0.15, 0.2) is 48.5 Å². The van der Waals surface area contributed by atoms with Gasteiger partial charge in [0.2, 0.25) is 5.91 Å². The van der Waals surface area contributed by atoms with Crippen LogP contribution in [0.4, 0.5) is 4.79 Å². The third-order valence-corrected chi connectivity index (χ3v) is 7.29. The van der Waals surface area contributed by atoms with Crippen molar-refractivity contribution in [1.29, 1.82) is 0 Å². The highest BCUT2D eigenvalue weighted by Gasteiger charge is 2.32. The highest BCUT2D eigenvalue weighted by Crippen LogP contribution is 2.44. The average molecular weight is 479 g/mol. The zero-order chi connectivity index (χ0) is 24.8. The summed E-state index contributed by atoms with van der Waals surface area (Å²) < 4.78 is 5.60. The Balaban J connectivity index is 1.33. The molecule has 2 aromatic rings. The molecule has 0 heterocycles. The molecular weight excluding hydrogens is 444 g/mol. The molecule has 7 nitrogen and oxygen atoms in total. The van der Waals surface area contributed by atoms with Gasteiger partial charge in [0, 0.05) is 12.5 Å². The van der Waals surface area contributed by atoms with E-state index in [-0.39, 0.29) is 24.3 Å². The van der Waals surface area contributed by atoms with Crippen LogP contribution in [0.5, 0.6) is 0 Å². The Kier molecular flexibility index (Phi) is 8.06. The molecule has 0 spiro atoms. The molecule has 2 aliphatic carbocycles. The first-order valence-electron chi connectivity index (χ1n) is 12.6. The number of rotatable bonds is 9. The lowest BCUT2D eigenvalue weighted by Crippen LogP contribution is -2.49. The molecule has 35 heavy (non-hydrogen) atoms. The zero-order valence-electron chi connectivity index (χ0n) is 20.2. The van der Waals surface area contributed by atoms with Gasteiger partial charge in [-0.2, -0.15) is 0 Å². The molecular formula is C28H34N2O5. The molecule has 0 radical (unpaired) electrons. The van der Waals surface area contributed by atoms with E-state index in [9.17, 15) is 19.5 Å². The van der Waals surface area contributed by atoms with E-state index in [1.807, 2.05) is 31.2 Å². The van der Waals surface area contributed by atoms with Gasteiger partial charge in [0.15, 0.2) is 0 Å².